The highest BCUT2D eigenvalue weighted by atomic mass is 19.4. The molecule has 0 fully saturated rings. The number of carbonyl (C=O) groups is 1. The van der Waals surface area contributed by atoms with Gasteiger partial charge in [0, 0.05) is 25.2 Å². The van der Waals surface area contributed by atoms with Crippen molar-refractivity contribution in [2.24, 2.45) is 0 Å². The number of fused-ring (bicyclic) bond motifs is 1. The van der Waals surface area contributed by atoms with Crippen LogP contribution in [0, 0.1) is 0 Å². The van der Waals surface area contributed by atoms with Crippen LogP contribution in [0.3, 0.4) is 0 Å². The fourth-order valence-corrected chi connectivity index (χ4v) is 2.20. The van der Waals surface area contributed by atoms with Gasteiger partial charge < -0.3 is 9.88 Å². The minimum atomic E-state index is -4.43. The molecule has 0 radical (unpaired) electrons. The number of aromatic nitrogens is 2. The zero-order valence-electron chi connectivity index (χ0n) is 10.2. The van der Waals surface area contributed by atoms with Crippen LogP contribution >= 0.6 is 0 Å². The Morgan fingerprint density at radius 1 is 1.63 bits per heavy atom. The van der Waals surface area contributed by atoms with Crippen molar-refractivity contribution in [2.75, 3.05) is 6.54 Å². The van der Waals surface area contributed by atoms with E-state index >= 15 is 0 Å². The molecule has 1 atom stereocenters. The third-order valence-electron chi connectivity index (χ3n) is 3.12. The lowest BCUT2D eigenvalue weighted by atomic mass is 9.99. The van der Waals surface area contributed by atoms with Crippen LogP contribution in [0.1, 0.15) is 30.3 Å². The van der Waals surface area contributed by atoms with Gasteiger partial charge in [0.25, 0.3) is 0 Å². The van der Waals surface area contributed by atoms with Crippen LogP contribution < -0.4 is 5.32 Å². The Kier molecular flexibility index (Phi) is 3.64. The van der Waals surface area contributed by atoms with E-state index in [1.54, 1.807) is 0 Å². The first-order chi connectivity index (χ1) is 8.91. The summed E-state index contributed by atoms with van der Waals surface area (Å²) in [6.07, 6.45) is -0.770. The summed E-state index contributed by atoms with van der Waals surface area (Å²) >= 11 is 0. The second kappa shape index (κ2) is 5.07. The predicted octanol–water partition coefficient (Wildman–Crippen LogP) is 2.08. The molecule has 2 heterocycles. The fraction of sp³-hybridized carbons (Fsp3) is 0.500. The van der Waals surface area contributed by atoms with Crippen molar-refractivity contribution in [1.29, 1.82) is 0 Å². The van der Waals surface area contributed by atoms with Gasteiger partial charge in [0.1, 0.15) is 5.82 Å². The summed E-state index contributed by atoms with van der Waals surface area (Å²) in [6.45, 7) is 4.13. The van der Waals surface area contributed by atoms with E-state index in [2.05, 4.69) is 16.9 Å². The number of carbonyl (C=O) groups excluding carboxylic acids is 1. The maximum atomic E-state index is 12.6. The summed E-state index contributed by atoms with van der Waals surface area (Å²) in [6, 6.07) is 0. The minimum absolute atomic E-state index is 0.186. The highest BCUT2D eigenvalue weighted by Crippen LogP contribution is 2.33. The zero-order chi connectivity index (χ0) is 14.0. The molecule has 0 saturated carbocycles. The van der Waals surface area contributed by atoms with Crippen LogP contribution in [0.15, 0.2) is 18.9 Å². The van der Waals surface area contributed by atoms with Crippen LogP contribution in [0.2, 0.25) is 0 Å². The summed E-state index contributed by atoms with van der Waals surface area (Å²) in [4.78, 5) is 14.8. The normalized spacial score (nSPS) is 18.8. The Balaban J connectivity index is 2.17. The van der Waals surface area contributed by atoms with Crippen LogP contribution in [-0.2, 0) is 17.5 Å². The number of nitrogens with one attached hydrogen (secondary N) is 1. The number of hydrogen-bond acceptors (Lipinski definition) is 2. The molecule has 7 heteroatoms. The molecule has 0 saturated heterocycles. The molecule has 2 rings (SSSR count). The topological polar surface area (TPSA) is 46.9 Å². The predicted molar refractivity (Wildman–Crippen MR) is 62.4 cm³/mol. The van der Waals surface area contributed by atoms with Crippen LogP contribution in [0.4, 0.5) is 13.2 Å². The molecule has 1 aliphatic rings. The monoisotopic (exact) mass is 273 g/mol. The molecule has 0 bridgehead atoms. The molecule has 4 nitrogen and oxygen atoms in total. The third-order valence-corrected chi connectivity index (χ3v) is 3.12. The SMILES string of the molecule is C=CC(=O)NCC1CCCn2cc(C(F)(F)F)nc21. The summed E-state index contributed by atoms with van der Waals surface area (Å²) in [5.41, 5.74) is -0.871. The van der Waals surface area contributed by atoms with Crippen LogP contribution in [0.25, 0.3) is 0 Å². The second-order valence-corrected chi connectivity index (χ2v) is 4.46. The molecule has 1 unspecified atom stereocenters. The van der Waals surface area contributed by atoms with Crippen molar-refractivity contribution < 1.29 is 18.0 Å². The highest BCUT2D eigenvalue weighted by molar-refractivity contribution is 5.86. The zero-order valence-corrected chi connectivity index (χ0v) is 10.2. The summed E-state index contributed by atoms with van der Waals surface area (Å²) in [7, 11) is 0. The summed E-state index contributed by atoms with van der Waals surface area (Å²) < 4.78 is 39.4. The van der Waals surface area contributed by atoms with E-state index in [4.69, 9.17) is 0 Å². The van der Waals surface area contributed by atoms with E-state index in [9.17, 15) is 18.0 Å². The second-order valence-electron chi connectivity index (χ2n) is 4.46. The lowest BCUT2D eigenvalue weighted by Gasteiger charge is -2.23. The van der Waals surface area contributed by atoms with E-state index in [0.29, 0.717) is 18.8 Å². The Bertz CT molecular complexity index is 493. The van der Waals surface area contributed by atoms with Gasteiger partial charge in [0.15, 0.2) is 5.69 Å². The molecule has 0 spiro atoms. The van der Waals surface area contributed by atoms with Crippen molar-refractivity contribution in [1.82, 2.24) is 14.9 Å². The maximum absolute atomic E-state index is 12.6. The standard InChI is InChI=1S/C12H14F3N3O/c1-2-10(19)16-6-8-4-3-5-18-7-9(12(13,14)15)17-11(8)18/h2,7-8H,1,3-6H2,(H,16,19). The number of aryl methyl sites for hydroxylation is 1. The Hall–Kier alpha value is -1.79. The molecule has 1 aromatic rings. The van der Waals surface area contributed by atoms with E-state index in [0.717, 1.165) is 18.7 Å². The smallest absolute Gasteiger partial charge is 0.352 e. The van der Waals surface area contributed by atoms with Gasteiger partial charge in [0.05, 0.1) is 0 Å². The Morgan fingerprint density at radius 3 is 3.00 bits per heavy atom. The summed E-state index contributed by atoms with van der Waals surface area (Å²) in [5, 5.41) is 2.60. The van der Waals surface area contributed by atoms with Crippen molar-refractivity contribution in [3.63, 3.8) is 0 Å². The van der Waals surface area contributed by atoms with E-state index < -0.39 is 11.9 Å². The molecule has 0 aliphatic carbocycles. The molecule has 1 aliphatic heterocycles. The van der Waals surface area contributed by atoms with E-state index in [1.165, 1.54) is 4.57 Å². The number of halogens is 3. The number of imidazole rings is 1. The Morgan fingerprint density at radius 2 is 2.37 bits per heavy atom. The first-order valence-electron chi connectivity index (χ1n) is 5.96. The Labute approximate surface area is 108 Å². The number of rotatable bonds is 3. The number of alkyl halides is 3. The fourth-order valence-electron chi connectivity index (χ4n) is 2.20. The number of hydrogen-bond donors (Lipinski definition) is 1. The lowest BCUT2D eigenvalue weighted by Crippen LogP contribution is -2.30. The molecule has 104 valence electrons. The van der Waals surface area contributed by atoms with Crippen molar-refractivity contribution in [3.8, 4) is 0 Å². The summed E-state index contributed by atoms with van der Waals surface area (Å²) in [5.74, 6) is -0.128. The van der Waals surface area contributed by atoms with Gasteiger partial charge in [-0.05, 0) is 18.9 Å². The van der Waals surface area contributed by atoms with E-state index in [-0.39, 0.29) is 18.4 Å². The van der Waals surface area contributed by atoms with Gasteiger partial charge in [-0.25, -0.2) is 4.98 Å². The molecule has 1 aromatic heterocycles. The molecule has 0 aromatic carbocycles. The van der Waals surface area contributed by atoms with Crippen molar-refractivity contribution >= 4 is 5.91 Å². The average Bonchev–Trinajstić information content (AvgIpc) is 2.80. The van der Waals surface area contributed by atoms with Gasteiger partial charge in [-0.1, -0.05) is 6.58 Å². The van der Waals surface area contributed by atoms with Crippen LogP contribution in [-0.4, -0.2) is 22.0 Å². The molecule has 1 amide bonds. The van der Waals surface area contributed by atoms with Crippen LogP contribution in [0.5, 0.6) is 0 Å². The van der Waals surface area contributed by atoms with E-state index in [1.807, 2.05) is 0 Å². The molecule has 1 N–H and O–H groups in total. The average molecular weight is 273 g/mol. The van der Waals surface area contributed by atoms with Gasteiger partial charge in [0.2, 0.25) is 5.91 Å². The van der Waals surface area contributed by atoms with Crippen molar-refractivity contribution in [3.05, 3.63) is 30.4 Å². The highest BCUT2D eigenvalue weighted by Gasteiger charge is 2.36. The van der Waals surface area contributed by atoms with Gasteiger partial charge in [-0.15, -0.1) is 0 Å². The molecule has 19 heavy (non-hydrogen) atoms. The first kappa shape index (κ1) is 13.6. The molecular weight excluding hydrogens is 259 g/mol. The van der Waals surface area contributed by atoms with Gasteiger partial charge >= 0.3 is 6.18 Å². The number of amides is 1. The van der Waals surface area contributed by atoms with Gasteiger partial charge in [-0.3, -0.25) is 4.79 Å². The first-order valence-corrected chi connectivity index (χ1v) is 5.96. The molecular formula is C12H14F3N3O. The maximum Gasteiger partial charge on any atom is 0.434 e. The minimum Gasteiger partial charge on any atom is -0.352 e. The van der Waals surface area contributed by atoms with Crippen molar-refractivity contribution in [2.45, 2.75) is 31.5 Å². The largest absolute Gasteiger partial charge is 0.434 e. The number of nitrogens with zero attached hydrogens (tertiary/aromatic N) is 2. The third kappa shape index (κ3) is 2.97. The van der Waals surface area contributed by atoms with Gasteiger partial charge in [-0.2, -0.15) is 13.2 Å². The lowest BCUT2D eigenvalue weighted by molar-refractivity contribution is -0.141. The quantitative estimate of drug-likeness (QED) is 0.857.